The number of rotatable bonds is 4. The molecule has 0 spiro atoms. The molecule has 1 aliphatic heterocycles. The van der Waals surface area contributed by atoms with E-state index in [2.05, 4.69) is 70.7 Å². The minimum absolute atomic E-state index is 0.0780. The molecule has 0 saturated carbocycles. The van der Waals surface area contributed by atoms with Crippen LogP contribution in [0.2, 0.25) is 0 Å². The third-order valence-electron chi connectivity index (χ3n) is 6.33. The Morgan fingerprint density at radius 1 is 1.03 bits per heavy atom. The van der Waals surface area contributed by atoms with E-state index in [-0.39, 0.29) is 19.1 Å². The molecule has 0 bridgehead atoms. The van der Waals surface area contributed by atoms with E-state index >= 15 is 0 Å². The fourth-order valence-electron chi connectivity index (χ4n) is 4.68. The van der Waals surface area contributed by atoms with Crippen molar-refractivity contribution in [2.75, 3.05) is 20.1 Å². The molecule has 2 aliphatic rings. The Hall–Kier alpha value is -2.50. The van der Waals surface area contributed by atoms with Crippen LogP contribution in [0.5, 0.6) is 0 Å². The van der Waals surface area contributed by atoms with Crippen molar-refractivity contribution >= 4 is 22.2 Å². The molecular formula is C24H26F2N3+. The third-order valence-corrected chi connectivity index (χ3v) is 6.33. The summed E-state index contributed by atoms with van der Waals surface area (Å²) in [4.78, 5) is 1.93. The summed E-state index contributed by atoms with van der Waals surface area (Å²) >= 11 is 0. The fraction of sp³-hybridized carbons (Fsp3) is 0.333. The van der Waals surface area contributed by atoms with Gasteiger partial charge < -0.3 is 9.88 Å². The monoisotopic (exact) mass is 394 g/mol. The predicted octanol–water partition coefficient (Wildman–Crippen LogP) is 4.34. The molecule has 1 fully saturated rings. The molecule has 2 heterocycles. The van der Waals surface area contributed by atoms with Crippen LogP contribution in [0.1, 0.15) is 24.8 Å². The summed E-state index contributed by atoms with van der Waals surface area (Å²) in [5.41, 5.74) is 6.15. The van der Waals surface area contributed by atoms with Crippen molar-refractivity contribution in [3.63, 3.8) is 0 Å². The highest BCUT2D eigenvalue weighted by molar-refractivity contribution is 5.94. The second kappa shape index (κ2) is 7.08. The van der Waals surface area contributed by atoms with Gasteiger partial charge in [-0.2, -0.15) is 0 Å². The summed E-state index contributed by atoms with van der Waals surface area (Å²) < 4.78 is 28.7. The molecule has 150 valence electrons. The summed E-state index contributed by atoms with van der Waals surface area (Å²) in [5, 5.41) is 3.35. The maximum atomic E-state index is 13.2. The maximum Gasteiger partial charge on any atom is 0.272 e. The first-order chi connectivity index (χ1) is 14.0. The molecule has 0 amide bonds. The van der Waals surface area contributed by atoms with Crippen molar-refractivity contribution < 1.29 is 14.1 Å². The highest BCUT2D eigenvalue weighted by Gasteiger charge is 2.46. The number of fused-ring (bicyclic) bond motifs is 1. The van der Waals surface area contributed by atoms with E-state index in [1.165, 1.54) is 27.7 Å². The van der Waals surface area contributed by atoms with Gasteiger partial charge in [-0.05, 0) is 43.0 Å². The third kappa shape index (κ3) is 3.38. The summed E-state index contributed by atoms with van der Waals surface area (Å²) in [6.45, 7) is -0.156. The summed E-state index contributed by atoms with van der Waals surface area (Å²) in [5.74, 6) is -2.48. The van der Waals surface area contributed by atoms with Crippen LogP contribution >= 0.6 is 0 Å². The number of para-hydroxylation sites is 1. The number of quaternary nitrogens is 1. The Morgan fingerprint density at radius 2 is 1.79 bits per heavy atom. The van der Waals surface area contributed by atoms with Gasteiger partial charge in [0.15, 0.2) is 0 Å². The summed E-state index contributed by atoms with van der Waals surface area (Å²) in [7, 11) is 2.04. The molecule has 3 nitrogen and oxygen atoms in total. The van der Waals surface area contributed by atoms with E-state index in [9.17, 15) is 8.78 Å². The van der Waals surface area contributed by atoms with E-state index < -0.39 is 5.92 Å². The van der Waals surface area contributed by atoms with E-state index in [1.54, 1.807) is 0 Å². The SMILES string of the molecule is C[NH2+]c1ccc(-n2cc(C3=CCC(N4CC(F)(F)C4)CC3)c3ccccc32)cc1. The highest BCUT2D eigenvalue weighted by atomic mass is 19.3. The Kier molecular flexibility index (Phi) is 4.52. The maximum absolute atomic E-state index is 13.2. The van der Waals surface area contributed by atoms with Crippen LogP contribution in [0.15, 0.2) is 60.8 Å². The number of hydrogen-bond acceptors (Lipinski definition) is 1. The van der Waals surface area contributed by atoms with Gasteiger partial charge in [0.2, 0.25) is 0 Å². The van der Waals surface area contributed by atoms with Gasteiger partial charge >= 0.3 is 0 Å². The summed E-state index contributed by atoms with van der Waals surface area (Å²) in [6, 6.07) is 17.3. The number of nitrogens with two attached hydrogens (primary N) is 1. The normalized spacial score (nSPS) is 21.8. The quantitative estimate of drug-likeness (QED) is 0.654. The molecule has 2 aromatic carbocycles. The van der Waals surface area contributed by atoms with Crippen molar-refractivity contribution in [1.82, 2.24) is 9.47 Å². The van der Waals surface area contributed by atoms with Gasteiger partial charge in [-0.15, -0.1) is 0 Å². The highest BCUT2D eigenvalue weighted by Crippen LogP contribution is 2.38. The van der Waals surface area contributed by atoms with Crippen LogP contribution in [0.25, 0.3) is 22.2 Å². The zero-order valence-corrected chi connectivity index (χ0v) is 16.6. The van der Waals surface area contributed by atoms with Crippen molar-refractivity contribution in [1.29, 1.82) is 0 Å². The number of halogens is 2. The lowest BCUT2D eigenvalue weighted by Gasteiger charge is -2.44. The van der Waals surface area contributed by atoms with E-state index in [1.807, 2.05) is 11.9 Å². The number of likely N-dealkylation sites (tertiary alicyclic amines) is 1. The Labute approximate surface area is 169 Å². The van der Waals surface area contributed by atoms with Crippen molar-refractivity contribution in [3.05, 3.63) is 66.4 Å². The van der Waals surface area contributed by atoms with Crippen LogP contribution in [0.3, 0.4) is 0 Å². The fourth-order valence-corrected chi connectivity index (χ4v) is 4.68. The zero-order valence-electron chi connectivity index (χ0n) is 16.6. The Balaban J connectivity index is 1.46. The second-order valence-corrected chi connectivity index (χ2v) is 8.23. The van der Waals surface area contributed by atoms with E-state index in [0.717, 1.165) is 24.9 Å². The lowest BCUT2D eigenvalue weighted by atomic mass is 9.88. The van der Waals surface area contributed by atoms with Gasteiger partial charge in [0, 0.05) is 41.0 Å². The smallest absolute Gasteiger partial charge is 0.272 e. The molecule has 1 unspecified atom stereocenters. The van der Waals surface area contributed by atoms with Crippen LogP contribution < -0.4 is 5.32 Å². The number of alkyl halides is 2. The first-order valence-electron chi connectivity index (χ1n) is 10.4. The molecule has 5 heteroatoms. The minimum Gasteiger partial charge on any atom is -0.316 e. The van der Waals surface area contributed by atoms with E-state index in [0.29, 0.717) is 0 Å². The molecule has 1 aromatic heterocycles. The molecule has 1 saturated heterocycles. The molecule has 29 heavy (non-hydrogen) atoms. The molecule has 3 aromatic rings. The standard InChI is InChI=1S/C24H25F2N3/c1-27-18-8-12-20(13-9-18)29-14-22(21-4-2-3-5-23(21)29)17-6-10-19(11-7-17)28-15-24(25,26)16-28/h2-6,8-9,12-14,19,27H,7,10-11,15-16H2,1H3/p+1. The largest absolute Gasteiger partial charge is 0.316 e. The number of aromatic nitrogens is 1. The van der Waals surface area contributed by atoms with Gasteiger partial charge in [0.25, 0.3) is 5.92 Å². The Bertz CT molecular complexity index is 1060. The van der Waals surface area contributed by atoms with Gasteiger partial charge in [0.1, 0.15) is 5.69 Å². The van der Waals surface area contributed by atoms with E-state index in [4.69, 9.17) is 0 Å². The Morgan fingerprint density at radius 3 is 2.45 bits per heavy atom. The zero-order chi connectivity index (χ0) is 20.0. The number of hydrogen-bond donors (Lipinski definition) is 1. The van der Waals surface area contributed by atoms with Crippen LogP contribution in [-0.4, -0.2) is 41.6 Å². The van der Waals surface area contributed by atoms with Crippen LogP contribution in [-0.2, 0) is 0 Å². The topological polar surface area (TPSA) is 24.8 Å². The van der Waals surface area contributed by atoms with Gasteiger partial charge in [-0.3, -0.25) is 4.90 Å². The van der Waals surface area contributed by atoms with Crippen LogP contribution in [0.4, 0.5) is 14.5 Å². The van der Waals surface area contributed by atoms with Crippen LogP contribution in [0, 0.1) is 0 Å². The first-order valence-corrected chi connectivity index (χ1v) is 10.4. The molecule has 5 rings (SSSR count). The predicted molar refractivity (Wildman–Crippen MR) is 113 cm³/mol. The summed E-state index contributed by atoms with van der Waals surface area (Å²) in [6.07, 6.45) is 7.24. The van der Waals surface area contributed by atoms with Gasteiger partial charge in [0.05, 0.1) is 25.7 Å². The van der Waals surface area contributed by atoms with Gasteiger partial charge in [-0.25, -0.2) is 8.78 Å². The average molecular weight is 394 g/mol. The lowest BCUT2D eigenvalue weighted by molar-refractivity contribution is -0.539. The van der Waals surface area contributed by atoms with Gasteiger partial charge in [-0.1, -0.05) is 24.3 Å². The molecule has 1 aliphatic carbocycles. The van der Waals surface area contributed by atoms with Crippen molar-refractivity contribution in [2.45, 2.75) is 31.2 Å². The average Bonchev–Trinajstić information content (AvgIpc) is 3.12. The van der Waals surface area contributed by atoms with Crippen molar-refractivity contribution in [3.8, 4) is 5.69 Å². The molecule has 2 N–H and O–H groups in total. The molecular weight excluding hydrogens is 368 g/mol. The van der Waals surface area contributed by atoms with Crippen molar-refractivity contribution in [2.24, 2.45) is 0 Å². The number of benzene rings is 2. The molecule has 1 atom stereocenters. The number of allylic oxidation sites excluding steroid dienone is 1. The second-order valence-electron chi connectivity index (χ2n) is 8.23. The number of nitrogens with zero attached hydrogens (tertiary/aromatic N) is 2. The minimum atomic E-state index is -2.48. The lowest BCUT2D eigenvalue weighted by Crippen LogP contribution is -2.72. The molecule has 0 radical (unpaired) electrons. The first kappa shape index (κ1) is 18.5.